The average Bonchev–Trinajstić information content (AvgIpc) is 2.67. The Morgan fingerprint density at radius 1 is 1.07 bits per heavy atom. The summed E-state index contributed by atoms with van der Waals surface area (Å²) in [7, 11) is 1.57. The van der Waals surface area contributed by atoms with Gasteiger partial charge in [-0.3, -0.25) is 9.80 Å². The van der Waals surface area contributed by atoms with E-state index in [1.807, 2.05) is 12.1 Å². The average molecular weight is 370 g/mol. The molecule has 1 fully saturated rings. The monoisotopic (exact) mass is 370 g/mol. The highest BCUT2D eigenvalue weighted by Crippen LogP contribution is 2.31. The zero-order valence-electron chi connectivity index (χ0n) is 16.3. The highest BCUT2D eigenvalue weighted by molar-refractivity contribution is 5.45. The van der Waals surface area contributed by atoms with Crippen LogP contribution in [0.1, 0.15) is 23.1 Å². The van der Waals surface area contributed by atoms with Crippen molar-refractivity contribution in [3.63, 3.8) is 0 Å². The van der Waals surface area contributed by atoms with Crippen molar-refractivity contribution in [2.45, 2.75) is 32.5 Å². The van der Waals surface area contributed by atoms with Gasteiger partial charge in [-0.1, -0.05) is 42.0 Å². The standard InChI is InChI=1S/C22H30N2O3/c1-17-6-8-18(9-7-17)14-24-12-11-23(16-20(24)10-13-25)15-19-4-3-5-21(27-2)22(19)26/h3-9,20,25-26H,10-16H2,1-2H3/t20-/m0/s1. The van der Waals surface area contributed by atoms with Crippen LogP contribution in [0.3, 0.4) is 0 Å². The topological polar surface area (TPSA) is 56.2 Å². The second-order valence-electron chi connectivity index (χ2n) is 7.33. The zero-order valence-corrected chi connectivity index (χ0v) is 16.3. The quantitative estimate of drug-likeness (QED) is 0.785. The van der Waals surface area contributed by atoms with Gasteiger partial charge in [-0.15, -0.1) is 0 Å². The Morgan fingerprint density at radius 2 is 1.85 bits per heavy atom. The third kappa shape index (κ3) is 5.01. The maximum absolute atomic E-state index is 10.4. The lowest BCUT2D eigenvalue weighted by Gasteiger charge is -2.41. The van der Waals surface area contributed by atoms with Gasteiger partial charge in [0, 0.05) is 50.9 Å². The number of methoxy groups -OCH3 is 1. The second-order valence-corrected chi connectivity index (χ2v) is 7.33. The fourth-order valence-corrected chi connectivity index (χ4v) is 3.76. The van der Waals surface area contributed by atoms with Crippen molar-refractivity contribution in [2.75, 3.05) is 33.4 Å². The molecule has 0 aliphatic carbocycles. The first-order valence-corrected chi connectivity index (χ1v) is 9.58. The Bertz CT molecular complexity index is 733. The number of aryl methyl sites for hydroxylation is 1. The van der Waals surface area contributed by atoms with Crippen LogP contribution in [0.15, 0.2) is 42.5 Å². The number of piperazine rings is 1. The molecule has 0 bridgehead atoms. The molecular weight excluding hydrogens is 340 g/mol. The van der Waals surface area contributed by atoms with Crippen LogP contribution in [0.2, 0.25) is 0 Å². The van der Waals surface area contributed by atoms with E-state index in [1.165, 1.54) is 11.1 Å². The van der Waals surface area contributed by atoms with Crippen LogP contribution in [0, 0.1) is 6.92 Å². The van der Waals surface area contributed by atoms with Crippen LogP contribution in [0.25, 0.3) is 0 Å². The smallest absolute Gasteiger partial charge is 0.162 e. The fourth-order valence-electron chi connectivity index (χ4n) is 3.76. The van der Waals surface area contributed by atoms with Crippen LogP contribution >= 0.6 is 0 Å². The van der Waals surface area contributed by atoms with Gasteiger partial charge in [-0.2, -0.15) is 0 Å². The van der Waals surface area contributed by atoms with E-state index in [1.54, 1.807) is 13.2 Å². The molecule has 0 saturated carbocycles. The van der Waals surface area contributed by atoms with Gasteiger partial charge in [0.15, 0.2) is 11.5 Å². The van der Waals surface area contributed by atoms with Gasteiger partial charge >= 0.3 is 0 Å². The van der Waals surface area contributed by atoms with Gasteiger partial charge in [0.2, 0.25) is 0 Å². The van der Waals surface area contributed by atoms with Crippen molar-refractivity contribution in [1.29, 1.82) is 0 Å². The Kier molecular flexibility index (Phi) is 6.72. The first-order chi connectivity index (χ1) is 13.1. The number of rotatable bonds is 7. The maximum Gasteiger partial charge on any atom is 0.162 e. The van der Waals surface area contributed by atoms with Crippen LogP contribution in [0.5, 0.6) is 11.5 Å². The van der Waals surface area contributed by atoms with Gasteiger partial charge in [0.25, 0.3) is 0 Å². The number of aliphatic hydroxyl groups excluding tert-OH is 1. The molecule has 27 heavy (non-hydrogen) atoms. The molecule has 0 spiro atoms. The van der Waals surface area contributed by atoms with Crippen molar-refractivity contribution >= 4 is 0 Å². The van der Waals surface area contributed by atoms with Crippen molar-refractivity contribution in [3.05, 3.63) is 59.2 Å². The maximum atomic E-state index is 10.4. The van der Waals surface area contributed by atoms with Gasteiger partial charge in [-0.05, 0) is 25.0 Å². The number of ether oxygens (including phenoxy) is 1. The Labute approximate surface area is 161 Å². The van der Waals surface area contributed by atoms with Crippen LogP contribution in [-0.2, 0) is 13.1 Å². The van der Waals surface area contributed by atoms with E-state index in [-0.39, 0.29) is 12.4 Å². The van der Waals surface area contributed by atoms with E-state index in [0.29, 0.717) is 18.3 Å². The second kappa shape index (κ2) is 9.22. The predicted molar refractivity (Wildman–Crippen MR) is 107 cm³/mol. The molecule has 0 amide bonds. The molecule has 1 aliphatic heterocycles. The lowest BCUT2D eigenvalue weighted by molar-refractivity contribution is 0.0496. The van der Waals surface area contributed by atoms with Crippen LogP contribution in [-0.4, -0.2) is 59.4 Å². The summed E-state index contributed by atoms with van der Waals surface area (Å²) in [6.45, 7) is 6.64. The van der Waals surface area contributed by atoms with Gasteiger partial charge in [-0.25, -0.2) is 0 Å². The summed E-state index contributed by atoms with van der Waals surface area (Å²) >= 11 is 0. The number of hydrogen-bond donors (Lipinski definition) is 2. The van der Waals surface area contributed by atoms with E-state index < -0.39 is 0 Å². The number of para-hydroxylation sites is 1. The number of benzene rings is 2. The van der Waals surface area contributed by atoms with Crippen molar-refractivity contribution in [3.8, 4) is 11.5 Å². The highest BCUT2D eigenvalue weighted by Gasteiger charge is 2.27. The summed E-state index contributed by atoms with van der Waals surface area (Å²) in [5.41, 5.74) is 3.46. The summed E-state index contributed by atoms with van der Waals surface area (Å²) in [5.74, 6) is 0.734. The molecule has 5 heteroatoms. The lowest BCUT2D eigenvalue weighted by Crippen LogP contribution is -2.52. The van der Waals surface area contributed by atoms with Crippen molar-refractivity contribution in [1.82, 2.24) is 9.80 Å². The molecule has 0 aromatic heterocycles. The highest BCUT2D eigenvalue weighted by atomic mass is 16.5. The SMILES string of the molecule is COc1cccc(CN2CCN(Cc3ccc(C)cc3)[C@@H](CCO)C2)c1O. The molecule has 1 aliphatic rings. The largest absolute Gasteiger partial charge is 0.504 e. The molecule has 0 unspecified atom stereocenters. The molecule has 0 radical (unpaired) electrons. The molecule has 1 saturated heterocycles. The molecule has 2 aromatic carbocycles. The van der Waals surface area contributed by atoms with Crippen LogP contribution in [0.4, 0.5) is 0 Å². The van der Waals surface area contributed by atoms with Gasteiger partial charge < -0.3 is 14.9 Å². The first-order valence-electron chi connectivity index (χ1n) is 9.58. The number of phenols is 1. The molecule has 1 atom stereocenters. The third-order valence-corrected chi connectivity index (χ3v) is 5.35. The summed E-state index contributed by atoms with van der Waals surface area (Å²) in [6.07, 6.45) is 0.756. The zero-order chi connectivity index (χ0) is 19.2. The minimum atomic E-state index is 0.188. The summed E-state index contributed by atoms with van der Waals surface area (Å²) in [4.78, 5) is 4.81. The first kappa shape index (κ1) is 19.7. The van der Waals surface area contributed by atoms with E-state index in [2.05, 4.69) is 41.0 Å². The van der Waals surface area contributed by atoms with Gasteiger partial charge in [0.1, 0.15) is 0 Å². The Balaban J connectivity index is 1.65. The van der Waals surface area contributed by atoms with E-state index >= 15 is 0 Å². The van der Waals surface area contributed by atoms with E-state index in [9.17, 15) is 10.2 Å². The summed E-state index contributed by atoms with van der Waals surface area (Å²) in [5, 5.41) is 19.9. The molecule has 3 rings (SSSR count). The Hall–Kier alpha value is -2.08. The van der Waals surface area contributed by atoms with Crippen molar-refractivity contribution < 1.29 is 14.9 Å². The fraction of sp³-hybridized carbons (Fsp3) is 0.455. The number of hydrogen-bond acceptors (Lipinski definition) is 5. The minimum Gasteiger partial charge on any atom is -0.504 e. The predicted octanol–water partition coefficient (Wildman–Crippen LogP) is 2.78. The summed E-state index contributed by atoms with van der Waals surface area (Å²) < 4.78 is 5.22. The van der Waals surface area contributed by atoms with E-state index in [4.69, 9.17) is 4.74 Å². The molecule has 5 nitrogen and oxygen atoms in total. The third-order valence-electron chi connectivity index (χ3n) is 5.35. The van der Waals surface area contributed by atoms with Gasteiger partial charge in [0.05, 0.1) is 7.11 Å². The number of phenolic OH excluding ortho intramolecular Hbond substituents is 1. The van der Waals surface area contributed by atoms with Crippen molar-refractivity contribution in [2.24, 2.45) is 0 Å². The van der Waals surface area contributed by atoms with Crippen LogP contribution < -0.4 is 4.74 Å². The lowest BCUT2D eigenvalue weighted by atomic mass is 10.0. The number of aliphatic hydroxyl groups is 1. The molecular formula is C22H30N2O3. The molecule has 146 valence electrons. The molecule has 2 N–H and O–H groups in total. The molecule has 2 aromatic rings. The number of aromatic hydroxyl groups is 1. The minimum absolute atomic E-state index is 0.188. The number of nitrogens with zero attached hydrogens (tertiary/aromatic N) is 2. The molecule has 1 heterocycles. The van der Waals surface area contributed by atoms with E-state index in [0.717, 1.165) is 38.2 Å². The normalized spacial score (nSPS) is 18.6. The summed E-state index contributed by atoms with van der Waals surface area (Å²) in [6, 6.07) is 14.6. The Morgan fingerprint density at radius 3 is 2.56 bits per heavy atom.